The fourth-order valence-corrected chi connectivity index (χ4v) is 3.98. The molecule has 7 heteroatoms. The number of ether oxygens (including phenoxy) is 2. The van der Waals surface area contributed by atoms with Gasteiger partial charge in [-0.25, -0.2) is 0 Å². The van der Waals surface area contributed by atoms with Gasteiger partial charge in [0.05, 0.1) is 20.0 Å². The monoisotopic (exact) mass is 458 g/mol. The molecule has 1 N–H and O–H groups in total. The van der Waals surface area contributed by atoms with Gasteiger partial charge in [0, 0.05) is 18.8 Å². The highest BCUT2D eigenvalue weighted by atomic mass is 32.2. The third-order valence-electron chi connectivity index (χ3n) is 5.16. The zero-order chi connectivity index (χ0) is 23.3. The lowest BCUT2D eigenvalue weighted by Crippen LogP contribution is -2.48. The lowest BCUT2D eigenvalue weighted by Gasteiger charge is -2.29. The minimum Gasteiger partial charge on any atom is -0.497 e. The van der Waals surface area contributed by atoms with E-state index >= 15 is 0 Å². The molecule has 32 heavy (non-hydrogen) atoms. The third-order valence-corrected chi connectivity index (χ3v) is 6.15. The highest BCUT2D eigenvalue weighted by Crippen LogP contribution is 2.19. The van der Waals surface area contributed by atoms with Crippen molar-refractivity contribution < 1.29 is 19.1 Å². The van der Waals surface area contributed by atoms with Crippen LogP contribution < -0.4 is 14.8 Å². The van der Waals surface area contributed by atoms with Crippen LogP contribution in [-0.4, -0.2) is 49.3 Å². The van der Waals surface area contributed by atoms with Crippen LogP contribution >= 0.6 is 11.8 Å². The van der Waals surface area contributed by atoms with E-state index in [9.17, 15) is 9.59 Å². The van der Waals surface area contributed by atoms with Gasteiger partial charge in [-0.15, -0.1) is 11.8 Å². The number of thioether (sulfide) groups is 1. The van der Waals surface area contributed by atoms with Gasteiger partial charge in [-0.3, -0.25) is 9.59 Å². The van der Waals surface area contributed by atoms with Crippen LogP contribution in [0.3, 0.4) is 0 Å². The summed E-state index contributed by atoms with van der Waals surface area (Å²) in [6.07, 6.45) is 1.92. The Kier molecular flexibility index (Phi) is 10.9. The molecular weight excluding hydrogens is 424 g/mol. The van der Waals surface area contributed by atoms with Crippen molar-refractivity contribution in [2.75, 3.05) is 26.5 Å². The molecular formula is C25H34N2O4S. The second kappa shape index (κ2) is 13.7. The van der Waals surface area contributed by atoms with E-state index in [1.54, 1.807) is 26.0 Å². The molecule has 1 unspecified atom stereocenters. The molecule has 6 nitrogen and oxygen atoms in total. The molecule has 0 aliphatic rings. The first kappa shape index (κ1) is 25.6. The molecule has 0 bridgehead atoms. The Balaban J connectivity index is 2.03. The van der Waals surface area contributed by atoms with Crippen LogP contribution in [0.2, 0.25) is 0 Å². The van der Waals surface area contributed by atoms with Gasteiger partial charge in [-0.05, 0) is 48.7 Å². The number of nitrogens with one attached hydrogen (secondary N) is 1. The highest BCUT2D eigenvalue weighted by molar-refractivity contribution is 7.99. The van der Waals surface area contributed by atoms with Gasteiger partial charge in [-0.2, -0.15) is 0 Å². The first-order valence-corrected chi connectivity index (χ1v) is 12.0. The number of amides is 2. The topological polar surface area (TPSA) is 67.9 Å². The van der Waals surface area contributed by atoms with Crippen LogP contribution in [0, 0.1) is 0 Å². The van der Waals surface area contributed by atoms with Gasteiger partial charge in [0.2, 0.25) is 11.8 Å². The van der Waals surface area contributed by atoms with E-state index in [0.717, 1.165) is 35.5 Å². The van der Waals surface area contributed by atoms with Crippen LogP contribution in [0.15, 0.2) is 48.5 Å². The Morgan fingerprint density at radius 3 is 2.06 bits per heavy atom. The summed E-state index contributed by atoms with van der Waals surface area (Å²) >= 11 is 1.54. The van der Waals surface area contributed by atoms with Gasteiger partial charge in [0.15, 0.2) is 0 Å². The normalized spacial score (nSPS) is 11.5. The fourth-order valence-electron chi connectivity index (χ4n) is 3.11. The zero-order valence-electron chi connectivity index (χ0n) is 19.4. The third kappa shape index (κ3) is 8.11. The van der Waals surface area contributed by atoms with Crippen LogP contribution in [0.4, 0.5) is 0 Å². The second-order valence-corrected chi connectivity index (χ2v) is 8.52. The number of rotatable bonds is 13. The average molecular weight is 459 g/mol. The van der Waals surface area contributed by atoms with E-state index in [-0.39, 0.29) is 11.8 Å². The molecule has 2 amide bonds. The van der Waals surface area contributed by atoms with Crippen molar-refractivity contribution in [1.82, 2.24) is 10.2 Å². The average Bonchev–Trinajstić information content (AvgIpc) is 2.82. The summed E-state index contributed by atoms with van der Waals surface area (Å²) in [7, 11) is 3.26. The minimum atomic E-state index is -0.553. The first-order valence-electron chi connectivity index (χ1n) is 10.9. The number of carbonyl (C=O) groups excluding carboxylic acids is 2. The SMILES string of the molecule is CCCCNC(=O)C(C)N(Cc1ccc(OC)cc1)C(=O)CSCc1ccc(OC)cc1. The van der Waals surface area contributed by atoms with Crippen molar-refractivity contribution in [2.24, 2.45) is 0 Å². The zero-order valence-corrected chi connectivity index (χ0v) is 20.2. The molecule has 2 aromatic rings. The summed E-state index contributed by atoms with van der Waals surface area (Å²) in [5.41, 5.74) is 2.07. The molecule has 0 aliphatic carbocycles. The van der Waals surface area contributed by atoms with Crippen LogP contribution in [-0.2, 0) is 21.9 Å². The van der Waals surface area contributed by atoms with Crippen LogP contribution in [0.25, 0.3) is 0 Å². The standard InChI is InChI=1S/C25H34N2O4S/c1-5-6-15-26-25(29)19(2)27(16-20-7-11-22(30-3)12-8-20)24(28)18-32-17-21-9-13-23(31-4)14-10-21/h7-14,19H,5-6,15-18H2,1-4H3,(H,26,29). The van der Waals surface area contributed by atoms with Gasteiger partial charge in [0.25, 0.3) is 0 Å². The lowest BCUT2D eigenvalue weighted by atomic mass is 10.1. The number of nitrogens with zero attached hydrogens (tertiary/aromatic N) is 1. The van der Waals surface area contributed by atoms with E-state index in [1.807, 2.05) is 48.5 Å². The number of carbonyl (C=O) groups is 2. The molecule has 2 aromatic carbocycles. The Labute approximate surface area is 195 Å². The van der Waals surface area contributed by atoms with Crippen molar-refractivity contribution in [3.05, 3.63) is 59.7 Å². The van der Waals surface area contributed by atoms with E-state index in [1.165, 1.54) is 11.8 Å². The van der Waals surface area contributed by atoms with E-state index in [4.69, 9.17) is 9.47 Å². The molecule has 0 heterocycles. The van der Waals surface area contributed by atoms with Gasteiger partial charge < -0.3 is 19.7 Å². The minimum absolute atomic E-state index is 0.0579. The maximum absolute atomic E-state index is 13.1. The van der Waals surface area contributed by atoms with Crippen molar-refractivity contribution in [1.29, 1.82) is 0 Å². The number of hydrogen-bond donors (Lipinski definition) is 1. The molecule has 0 spiro atoms. The molecule has 2 rings (SSSR count). The largest absolute Gasteiger partial charge is 0.497 e. The van der Waals surface area contributed by atoms with Crippen molar-refractivity contribution >= 4 is 23.6 Å². The van der Waals surface area contributed by atoms with Crippen molar-refractivity contribution in [3.8, 4) is 11.5 Å². The molecule has 174 valence electrons. The summed E-state index contributed by atoms with van der Waals surface area (Å²) in [5, 5.41) is 2.94. The molecule has 1 atom stereocenters. The Morgan fingerprint density at radius 2 is 1.53 bits per heavy atom. The maximum atomic E-state index is 13.1. The quantitative estimate of drug-likeness (QED) is 0.454. The second-order valence-electron chi connectivity index (χ2n) is 7.53. The molecule has 0 aromatic heterocycles. The summed E-state index contributed by atoms with van der Waals surface area (Å²) < 4.78 is 10.4. The Morgan fingerprint density at radius 1 is 0.969 bits per heavy atom. The number of benzene rings is 2. The molecule has 0 saturated carbocycles. The van der Waals surface area contributed by atoms with Gasteiger partial charge >= 0.3 is 0 Å². The smallest absolute Gasteiger partial charge is 0.242 e. The molecule has 0 saturated heterocycles. The van der Waals surface area contributed by atoms with Gasteiger partial charge in [-0.1, -0.05) is 37.6 Å². The highest BCUT2D eigenvalue weighted by Gasteiger charge is 2.25. The van der Waals surface area contributed by atoms with E-state index in [0.29, 0.717) is 24.6 Å². The van der Waals surface area contributed by atoms with E-state index in [2.05, 4.69) is 12.2 Å². The molecule has 0 fully saturated rings. The predicted molar refractivity (Wildman–Crippen MR) is 130 cm³/mol. The number of methoxy groups -OCH3 is 2. The maximum Gasteiger partial charge on any atom is 0.242 e. The Bertz CT molecular complexity index is 840. The first-order chi connectivity index (χ1) is 15.5. The summed E-state index contributed by atoms with van der Waals surface area (Å²) in [5.74, 6) is 2.39. The Hall–Kier alpha value is -2.67. The van der Waals surface area contributed by atoms with Crippen LogP contribution in [0.5, 0.6) is 11.5 Å². The number of unbranched alkanes of at least 4 members (excludes halogenated alkanes) is 1. The number of hydrogen-bond acceptors (Lipinski definition) is 5. The summed E-state index contributed by atoms with van der Waals surface area (Å²) in [4.78, 5) is 27.4. The summed E-state index contributed by atoms with van der Waals surface area (Å²) in [6.45, 7) is 4.86. The van der Waals surface area contributed by atoms with Crippen molar-refractivity contribution in [3.63, 3.8) is 0 Å². The molecule has 0 radical (unpaired) electrons. The summed E-state index contributed by atoms with van der Waals surface area (Å²) in [6, 6.07) is 14.8. The van der Waals surface area contributed by atoms with Gasteiger partial charge in [0.1, 0.15) is 17.5 Å². The fraction of sp³-hybridized carbons (Fsp3) is 0.440. The molecule has 0 aliphatic heterocycles. The van der Waals surface area contributed by atoms with Crippen LogP contribution in [0.1, 0.15) is 37.8 Å². The van der Waals surface area contributed by atoms with E-state index < -0.39 is 6.04 Å². The van der Waals surface area contributed by atoms with Crippen molar-refractivity contribution in [2.45, 2.75) is 45.0 Å². The lowest BCUT2D eigenvalue weighted by molar-refractivity contribution is -0.138. The predicted octanol–water partition coefficient (Wildman–Crippen LogP) is 4.27.